The first kappa shape index (κ1) is 12.6. The molecule has 0 spiro atoms. The molecule has 0 bridgehead atoms. The molecule has 1 aromatic carbocycles. The minimum absolute atomic E-state index is 0.185. The lowest BCUT2D eigenvalue weighted by atomic mass is 9.96. The molecule has 0 unspecified atom stereocenters. The highest BCUT2D eigenvalue weighted by Gasteiger charge is 2.43. The average Bonchev–Trinajstić information content (AvgIpc) is 3.17. The van der Waals surface area contributed by atoms with E-state index < -0.39 is 0 Å². The van der Waals surface area contributed by atoms with E-state index in [1.807, 2.05) is 6.26 Å². The molecule has 1 fully saturated rings. The van der Waals surface area contributed by atoms with Gasteiger partial charge in [-0.15, -0.1) is 11.8 Å². The molecule has 94 valence electrons. The van der Waals surface area contributed by atoms with Crippen LogP contribution in [-0.2, 0) is 5.41 Å². The van der Waals surface area contributed by atoms with Crippen molar-refractivity contribution in [1.82, 2.24) is 0 Å². The molecule has 3 nitrogen and oxygen atoms in total. The van der Waals surface area contributed by atoms with E-state index in [1.165, 1.54) is 18.4 Å². The van der Waals surface area contributed by atoms with Crippen LogP contribution in [0.15, 0.2) is 17.0 Å². The van der Waals surface area contributed by atoms with Gasteiger partial charge in [0.15, 0.2) is 11.5 Å². The number of thioether (sulfide) groups is 1. The molecule has 2 N–H and O–H groups in total. The van der Waals surface area contributed by atoms with Crippen LogP contribution in [0.3, 0.4) is 0 Å². The second kappa shape index (κ2) is 4.78. The molecule has 0 aromatic heterocycles. The van der Waals surface area contributed by atoms with Crippen molar-refractivity contribution in [3.8, 4) is 11.5 Å². The first-order chi connectivity index (χ1) is 8.20. The highest BCUT2D eigenvalue weighted by atomic mass is 32.2. The standard InChI is InChI=1S/C13H19NO2S/c1-15-10-6-9(13(8-14)4-5-13)7-11(17-3)12(10)16-2/h6-7H,4-5,8,14H2,1-3H3. The Morgan fingerprint density at radius 2 is 2.00 bits per heavy atom. The van der Waals surface area contributed by atoms with Gasteiger partial charge < -0.3 is 15.2 Å². The minimum atomic E-state index is 0.185. The van der Waals surface area contributed by atoms with Crippen LogP contribution in [0.5, 0.6) is 11.5 Å². The largest absolute Gasteiger partial charge is 0.493 e. The maximum atomic E-state index is 5.88. The predicted octanol–water partition coefficient (Wildman–Crippen LogP) is 2.42. The van der Waals surface area contributed by atoms with Gasteiger partial charge in [-0.2, -0.15) is 0 Å². The Hall–Kier alpha value is -0.870. The molecule has 4 heteroatoms. The van der Waals surface area contributed by atoms with Crippen LogP contribution in [0.25, 0.3) is 0 Å². The van der Waals surface area contributed by atoms with Crippen LogP contribution >= 0.6 is 11.8 Å². The highest BCUT2D eigenvalue weighted by molar-refractivity contribution is 7.98. The third-order valence-electron chi connectivity index (χ3n) is 3.52. The van der Waals surface area contributed by atoms with Gasteiger partial charge in [0.05, 0.1) is 19.1 Å². The van der Waals surface area contributed by atoms with Gasteiger partial charge in [-0.25, -0.2) is 0 Å². The maximum Gasteiger partial charge on any atom is 0.174 e. The second-order valence-electron chi connectivity index (χ2n) is 4.40. The highest BCUT2D eigenvalue weighted by Crippen LogP contribution is 2.50. The van der Waals surface area contributed by atoms with E-state index in [2.05, 4.69) is 12.1 Å². The van der Waals surface area contributed by atoms with E-state index >= 15 is 0 Å². The van der Waals surface area contributed by atoms with E-state index in [4.69, 9.17) is 15.2 Å². The molecule has 1 aromatic rings. The summed E-state index contributed by atoms with van der Waals surface area (Å²) in [6.45, 7) is 0.705. The fourth-order valence-electron chi connectivity index (χ4n) is 2.15. The monoisotopic (exact) mass is 253 g/mol. The summed E-state index contributed by atoms with van der Waals surface area (Å²) in [6.07, 6.45) is 4.39. The topological polar surface area (TPSA) is 44.5 Å². The van der Waals surface area contributed by atoms with Gasteiger partial charge in [0.2, 0.25) is 0 Å². The Bertz CT molecular complexity index is 391. The molecule has 0 radical (unpaired) electrons. The van der Waals surface area contributed by atoms with E-state index in [-0.39, 0.29) is 5.41 Å². The number of hydrogen-bond acceptors (Lipinski definition) is 4. The number of ether oxygens (including phenoxy) is 2. The smallest absolute Gasteiger partial charge is 0.174 e. The van der Waals surface area contributed by atoms with Gasteiger partial charge in [0.25, 0.3) is 0 Å². The lowest BCUT2D eigenvalue weighted by Crippen LogP contribution is -2.19. The summed E-state index contributed by atoms with van der Waals surface area (Å²) in [4.78, 5) is 1.11. The summed E-state index contributed by atoms with van der Waals surface area (Å²) >= 11 is 1.67. The minimum Gasteiger partial charge on any atom is -0.493 e. The number of benzene rings is 1. The van der Waals surface area contributed by atoms with Crippen molar-refractivity contribution in [2.75, 3.05) is 27.0 Å². The van der Waals surface area contributed by atoms with Crippen molar-refractivity contribution >= 4 is 11.8 Å². The molecule has 0 saturated heterocycles. The van der Waals surface area contributed by atoms with Crippen molar-refractivity contribution in [3.05, 3.63) is 17.7 Å². The summed E-state index contributed by atoms with van der Waals surface area (Å²) in [6, 6.07) is 4.25. The van der Waals surface area contributed by atoms with Crippen LogP contribution in [0, 0.1) is 0 Å². The van der Waals surface area contributed by atoms with Gasteiger partial charge in [-0.3, -0.25) is 0 Å². The van der Waals surface area contributed by atoms with Crippen molar-refractivity contribution < 1.29 is 9.47 Å². The van der Waals surface area contributed by atoms with E-state index in [1.54, 1.807) is 26.0 Å². The van der Waals surface area contributed by atoms with Gasteiger partial charge in [0, 0.05) is 12.0 Å². The zero-order valence-corrected chi connectivity index (χ0v) is 11.4. The first-order valence-electron chi connectivity index (χ1n) is 5.71. The van der Waals surface area contributed by atoms with E-state index in [0.717, 1.165) is 16.4 Å². The Morgan fingerprint density at radius 1 is 1.29 bits per heavy atom. The van der Waals surface area contributed by atoms with Crippen molar-refractivity contribution in [2.45, 2.75) is 23.2 Å². The molecule has 0 aliphatic heterocycles. The molecule has 17 heavy (non-hydrogen) atoms. The molecule has 1 aliphatic rings. The van der Waals surface area contributed by atoms with Gasteiger partial charge in [-0.05, 0) is 36.8 Å². The lowest BCUT2D eigenvalue weighted by Gasteiger charge is -2.18. The van der Waals surface area contributed by atoms with Crippen LogP contribution in [0.4, 0.5) is 0 Å². The molecule has 1 aliphatic carbocycles. The SMILES string of the molecule is COc1cc(C2(CN)CC2)cc(SC)c1OC. The molecular weight excluding hydrogens is 234 g/mol. The van der Waals surface area contributed by atoms with Gasteiger partial charge in [-0.1, -0.05) is 0 Å². The fraction of sp³-hybridized carbons (Fsp3) is 0.538. The Kier molecular flexibility index (Phi) is 3.54. The summed E-state index contributed by atoms with van der Waals surface area (Å²) in [5, 5.41) is 0. The third-order valence-corrected chi connectivity index (χ3v) is 4.26. The van der Waals surface area contributed by atoms with Crippen LogP contribution in [0.1, 0.15) is 18.4 Å². The number of hydrogen-bond donors (Lipinski definition) is 1. The Labute approximate surface area is 107 Å². The summed E-state index contributed by atoms with van der Waals surface area (Å²) < 4.78 is 10.8. The fourth-order valence-corrected chi connectivity index (χ4v) is 2.76. The molecule has 1 saturated carbocycles. The Morgan fingerprint density at radius 3 is 2.41 bits per heavy atom. The molecule has 2 rings (SSSR count). The summed E-state index contributed by atoms with van der Waals surface area (Å²) in [7, 11) is 3.35. The zero-order valence-electron chi connectivity index (χ0n) is 10.6. The van der Waals surface area contributed by atoms with Crippen LogP contribution < -0.4 is 15.2 Å². The molecule has 0 amide bonds. The first-order valence-corrected chi connectivity index (χ1v) is 6.94. The van der Waals surface area contributed by atoms with E-state index in [0.29, 0.717) is 6.54 Å². The molecule has 0 heterocycles. The third kappa shape index (κ3) is 2.11. The Balaban J connectivity index is 2.49. The molecule has 0 atom stereocenters. The van der Waals surface area contributed by atoms with E-state index in [9.17, 15) is 0 Å². The van der Waals surface area contributed by atoms with Crippen LogP contribution in [0.2, 0.25) is 0 Å². The van der Waals surface area contributed by atoms with Crippen molar-refractivity contribution in [2.24, 2.45) is 5.73 Å². The quantitative estimate of drug-likeness (QED) is 0.819. The summed E-state index contributed by atoms with van der Waals surface area (Å²) in [5.41, 5.74) is 7.34. The second-order valence-corrected chi connectivity index (χ2v) is 5.25. The van der Waals surface area contributed by atoms with Crippen molar-refractivity contribution in [1.29, 1.82) is 0 Å². The zero-order chi connectivity index (χ0) is 12.5. The normalized spacial score (nSPS) is 16.7. The maximum absolute atomic E-state index is 5.88. The number of methoxy groups -OCH3 is 2. The lowest BCUT2D eigenvalue weighted by molar-refractivity contribution is 0.347. The molecular formula is C13H19NO2S. The van der Waals surface area contributed by atoms with Gasteiger partial charge in [0.1, 0.15) is 0 Å². The average molecular weight is 253 g/mol. The number of rotatable bonds is 5. The summed E-state index contributed by atoms with van der Waals surface area (Å²) in [5.74, 6) is 1.62. The van der Waals surface area contributed by atoms with Gasteiger partial charge >= 0.3 is 0 Å². The van der Waals surface area contributed by atoms with Crippen LogP contribution in [-0.4, -0.2) is 27.0 Å². The number of nitrogens with two attached hydrogens (primary N) is 1. The predicted molar refractivity (Wildman–Crippen MR) is 71.3 cm³/mol. The van der Waals surface area contributed by atoms with Crippen molar-refractivity contribution in [3.63, 3.8) is 0 Å².